The van der Waals surface area contributed by atoms with Crippen LogP contribution in [0.5, 0.6) is 0 Å². The first-order valence-electron chi connectivity index (χ1n) is 12.2. The predicted molar refractivity (Wildman–Crippen MR) is 140 cm³/mol. The summed E-state index contributed by atoms with van der Waals surface area (Å²) in [5.74, 6) is -0.811. The second kappa shape index (κ2) is 11.6. The molecule has 4 rings (SSSR count). The van der Waals surface area contributed by atoms with Crippen LogP contribution in [-0.2, 0) is 22.2 Å². The Hall–Kier alpha value is -4.61. The summed E-state index contributed by atoms with van der Waals surface area (Å²) in [6.45, 7) is 3.26. The van der Waals surface area contributed by atoms with E-state index in [4.69, 9.17) is 4.84 Å². The third-order valence-corrected chi connectivity index (χ3v) is 6.20. The summed E-state index contributed by atoms with van der Waals surface area (Å²) in [5, 5.41) is 4.11. The molecular weight excluding hydrogens is 530 g/mol. The number of aromatic nitrogens is 3. The van der Waals surface area contributed by atoms with Gasteiger partial charge in [0, 0.05) is 6.20 Å². The van der Waals surface area contributed by atoms with Crippen LogP contribution >= 0.6 is 0 Å². The Balaban J connectivity index is 1.80. The average molecular weight is 556 g/mol. The van der Waals surface area contributed by atoms with Gasteiger partial charge in [0.25, 0.3) is 5.56 Å². The molecule has 2 aromatic carbocycles. The molecule has 2 heterocycles. The third-order valence-electron chi connectivity index (χ3n) is 6.20. The van der Waals surface area contributed by atoms with Gasteiger partial charge in [-0.05, 0) is 67.9 Å². The van der Waals surface area contributed by atoms with Crippen molar-refractivity contribution in [3.63, 3.8) is 0 Å². The van der Waals surface area contributed by atoms with Crippen molar-refractivity contribution in [1.82, 2.24) is 19.4 Å². The molecule has 1 amide bonds. The predicted octanol–water partition coefficient (Wildman–Crippen LogP) is 5.09. The van der Waals surface area contributed by atoms with Crippen LogP contribution in [0.25, 0.3) is 16.7 Å². The number of pyridine rings is 1. The summed E-state index contributed by atoms with van der Waals surface area (Å²) >= 11 is 0. The van der Waals surface area contributed by atoms with Gasteiger partial charge >= 0.3 is 6.18 Å². The van der Waals surface area contributed by atoms with Crippen molar-refractivity contribution < 1.29 is 27.2 Å². The first-order valence-corrected chi connectivity index (χ1v) is 12.2. The van der Waals surface area contributed by atoms with Crippen LogP contribution in [0, 0.1) is 5.82 Å². The van der Waals surface area contributed by atoms with Crippen LogP contribution in [0.1, 0.15) is 36.8 Å². The van der Waals surface area contributed by atoms with E-state index in [1.54, 1.807) is 26.0 Å². The maximum Gasteiger partial charge on any atom is 0.416 e. The minimum atomic E-state index is -4.50. The molecule has 0 unspecified atom stereocenters. The zero-order valence-corrected chi connectivity index (χ0v) is 21.8. The number of halogens is 4. The van der Waals surface area contributed by atoms with Gasteiger partial charge in [-0.15, -0.1) is 0 Å². The van der Waals surface area contributed by atoms with Crippen molar-refractivity contribution in [1.29, 1.82) is 0 Å². The third kappa shape index (κ3) is 6.16. The van der Waals surface area contributed by atoms with Crippen molar-refractivity contribution in [3.8, 4) is 5.69 Å². The number of hydrogen-bond donors (Lipinski definition) is 0. The highest BCUT2D eigenvalue weighted by Crippen LogP contribution is 2.29. The van der Waals surface area contributed by atoms with E-state index in [0.29, 0.717) is 17.0 Å². The summed E-state index contributed by atoms with van der Waals surface area (Å²) in [4.78, 5) is 42.3. The first kappa shape index (κ1) is 28.4. The molecule has 0 fully saturated rings. The second-order valence-electron chi connectivity index (χ2n) is 9.04. The van der Waals surface area contributed by atoms with E-state index in [2.05, 4.69) is 15.1 Å². The van der Waals surface area contributed by atoms with E-state index in [-0.39, 0.29) is 29.8 Å². The molecule has 12 heteroatoms. The second-order valence-corrected chi connectivity index (χ2v) is 9.04. The van der Waals surface area contributed by atoms with Crippen LogP contribution in [0.2, 0.25) is 0 Å². The average Bonchev–Trinajstić information content (AvgIpc) is 2.92. The molecule has 0 radical (unpaired) electrons. The molecule has 0 spiro atoms. The standard InChI is InChI=1S/C28H25F4N5O3/c1-17(35-40-3)16-36(24(38)15-19-6-8-20(9-7-19)28(30,31)32)18(2)26-34-25-23(5-4-14-33-25)27(39)37(26)22-12-10-21(29)11-13-22/h4-14,18H,15-16H2,1-3H3/b35-17+/t18-/m1/s1. The van der Waals surface area contributed by atoms with Crippen molar-refractivity contribution in [2.75, 3.05) is 13.7 Å². The van der Waals surface area contributed by atoms with Gasteiger partial charge in [-0.1, -0.05) is 17.3 Å². The SMILES string of the molecule is CO/N=C(\C)CN(C(=O)Cc1ccc(C(F)(F)F)cc1)[C@H](C)c1nc2ncccc2c(=O)n1-c1ccc(F)cc1. The van der Waals surface area contributed by atoms with E-state index >= 15 is 0 Å². The maximum absolute atomic E-state index is 13.7. The van der Waals surface area contributed by atoms with Gasteiger partial charge in [-0.3, -0.25) is 14.2 Å². The van der Waals surface area contributed by atoms with Crippen LogP contribution in [0.15, 0.2) is 76.8 Å². The van der Waals surface area contributed by atoms with Gasteiger partial charge in [0.05, 0.1) is 41.4 Å². The first-order chi connectivity index (χ1) is 19.0. The Morgan fingerprint density at radius 1 is 1.10 bits per heavy atom. The largest absolute Gasteiger partial charge is 0.416 e. The van der Waals surface area contributed by atoms with Crippen LogP contribution < -0.4 is 5.56 Å². The highest BCUT2D eigenvalue weighted by Gasteiger charge is 2.31. The lowest BCUT2D eigenvalue weighted by Crippen LogP contribution is -2.41. The number of benzene rings is 2. The van der Waals surface area contributed by atoms with Gasteiger partial charge in [0.1, 0.15) is 18.8 Å². The van der Waals surface area contributed by atoms with Gasteiger partial charge in [0.15, 0.2) is 5.65 Å². The number of amides is 1. The van der Waals surface area contributed by atoms with E-state index < -0.39 is 35.1 Å². The molecular formula is C28H25F4N5O3. The smallest absolute Gasteiger partial charge is 0.399 e. The molecule has 0 saturated heterocycles. The fourth-order valence-corrected chi connectivity index (χ4v) is 4.26. The van der Waals surface area contributed by atoms with E-state index in [1.165, 1.54) is 59.2 Å². The topological polar surface area (TPSA) is 89.7 Å². The Morgan fingerprint density at radius 2 is 1.77 bits per heavy atom. The fourth-order valence-electron chi connectivity index (χ4n) is 4.26. The summed E-state index contributed by atoms with van der Waals surface area (Å²) in [5.41, 5.74) is -0.0310. The zero-order chi connectivity index (χ0) is 29.0. The number of carbonyl (C=O) groups excluding carboxylic acids is 1. The number of oxime groups is 1. The number of carbonyl (C=O) groups is 1. The Bertz CT molecular complexity index is 1600. The van der Waals surface area contributed by atoms with Crippen LogP contribution in [0.4, 0.5) is 17.6 Å². The normalized spacial score (nSPS) is 12.8. The van der Waals surface area contributed by atoms with E-state index in [0.717, 1.165) is 12.1 Å². The lowest BCUT2D eigenvalue weighted by molar-refractivity contribution is -0.137. The number of rotatable bonds is 8. The lowest BCUT2D eigenvalue weighted by Gasteiger charge is -2.30. The molecule has 208 valence electrons. The summed E-state index contributed by atoms with van der Waals surface area (Å²) in [6, 6.07) is 11.9. The zero-order valence-electron chi connectivity index (χ0n) is 21.8. The number of alkyl halides is 3. The molecule has 8 nitrogen and oxygen atoms in total. The van der Waals surface area contributed by atoms with Crippen LogP contribution in [-0.4, -0.2) is 44.7 Å². The van der Waals surface area contributed by atoms with Crippen LogP contribution in [0.3, 0.4) is 0 Å². The summed E-state index contributed by atoms with van der Waals surface area (Å²) in [6.07, 6.45) is -3.25. The maximum atomic E-state index is 13.7. The molecule has 2 aromatic heterocycles. The highest BCUT2D eigenvalue weighted by molar-refractivity contribution is 5.89. The summed E-state index contributed by atoms with van der Waals surface area (Å²) < 4.78 is 54.0. The monoisotopic (exact) mass is 555 g/mol. The molecule has 4 aromatic rings. The molecule has 0 aliphatic carbocycles. The Morgan fingerprint density at radius 3 is 2.40 bits per heavy atom. The molecule has 0 N–H and O–H groups in total. The molecule has 0 aliphatic rings. The number of hydrogen-bond acceptors (Lipinski definition) is 6. The van der Waals surface area contributed by atoms with E-state index in [9.17, 15) is 27.2 Å². The quantitative estimate of drug-likeness (QED) is 0.172. The van der Waals surface area contributed by atoms with Crippen molar-refractivity contribution >= 4 is 22.7 Å². The number of nitrogens with zero attached hydrogens (tertiary/aromatic N) is 5. The summed E-state index contributed by atoms with van der Waals surface area (Å²) in [7, 11) is 1.35. The molecule has 0 saturated carbocycles. The minimum absolute atomic E-state index is 0.0337. The molecule has 0 bridgehead atoms. The molecule has 40 heavy (non-hydrogen) atoms. The number of fused-ring (bicyclic) bond motifs is 1. The van der Waals surface area contributed by atoms with Crippen molar-refractivity contribution in [2.45, 2.75) is 32.5 Å². The Kier molecular flexibility index (Phi) is 8.26. The van der Waals surface area contributed by atoms with Gasteiger partial charge in [-0.25, -0.2) is 14.4 Å². The fraction of sp³-hybridized carbons (Fsp3) is 0.250. The van der Waals surface area contributed by atoms with Gasteiger partial charge < -0.3 is 9.74 Å². The van der Waals surface area contributed by atoms with Gasteiger partial charge in [0.2, 0.25) is 5.91 Å². The lowest BCUT2D eigenvalue weighted by atomic mass is 10.1. The van der Waals surface area contributed by atoms with Crippen molar-refractivity contribution in [3.05, 3.63) is 100.0 Å². The van der Waals surface area contributed by atoms with Crippen molar-refractivity contribution in [2.24, 2.45) is 5.16 Å². The van der Waals surface area contributed by atoms with E-state index in [1.807, 2.05) is 0 Å². The Labute approximate surface area is 226 Å². The molecule has 1 atom stereocenters. The minimum Gasteiger partial charge on any atom is -0.399 e. The molecule has 0 aliphatic heterocycles. The van der Waals surface area contributed by atoms with Gasteiger partial charge in [-0.2, -0.15) is 13.2 Å². The highest BCUT2D eigenvalue weighted by atomic mass is 19.4.